The Bertz CT molecular complexity index is 583. The zero-order chi connectivity index (χ0) is 14.5. The lowest BCUT2D eigenvalue weighted by Crippen LogP contribution is -2.06. The Hall–Kier alpha value is -1.00. The van der Waals surface area contributed by atoms with Gasteiger partial charge in [0.1, 0.15) is 12.4 Å². The standard InChI is InChI=1S/C15H18BrClN2O/c1-3-13-8-14(19(4-2)18-13)10-20-15-6-5-12(17)7-11(15)9-16/h5-8H,3-4,9-10H2,1-2H3. The average molecular weight is 358 g/mol. The van der Waals surface area contributed by atoms with Crippen molar-refractivity contribution in [1.82, 2.24) is 9.78 Å². The van der Waals surface area contributed by atoms with Gasteiger partial charge in [0.15, 0.2) is 0 Å². The van der Waals surface area contributed by atoms with Crippen molar-refractivity contribution in [2.24, 2.45) is 0 Å². The fourth-order valence-corrected chi connectivity index (χ4v) is 2.66. The van der Waals surface area contributed by atoms with E-state index < -0.39 is 0 Å². The number of ether oxygens (including phenoxy) is 1. The first-order valence-corrected chi connectivity index (χ1v) is 8.20. The quantitative estimate of drug-likeness (QED) is 0.707. The lowest BCUT2D eigenvalue weighted by Gasteiger charge is -2.11. The molecule has 0 fully saturated rings. The van der Waals surface area contributed by atoms with Crippen molar-refractivity contribution >= 4 is 27.5 Å². The fourth-order valence-electron chi connectivity index (χ4n) is 2.02. The van der Waals surface area contributed by atoms with E-state index in [4.69, 9.17) is 16.3 Å². The van der Waals surface area contributed by atoms with E-state index in [-0.39, 0.29) is 0 Å². The Morgan fingerprint density at radius 2 is 2.10 bits per heavy atom. The SMILES string of the molecule is CCc1cc(COc2ccc(Cl)cc2CBr)n(CC)n1. The first-order chi connectivity index (χ1) is 9.67. The second kappa shape index (κ2) is 7.14. The molecular formula is C15H18BrClN2O. The highest BCUT2D eigenvalue weighted by Crippen LogP contribution is 2.25. The predicted octanol–water partition coefficient (Wildman–Crippen LogP) is 4.59. The van der Waals surface area contributed by atoms with Gasteiger partial charge in [-0.2, -0.15) is 5.10 Å². The van der Waals surface area contributed by atoms with Gasteiger partial charge in [-0.15, -0.1) is 0 Å². The zero-order valence-electron chi connectivity index (χ0n) is 11.7. The molecule has 0 N–H and O–H groups in total. The smallest absolute Gasteiger partial charge is 0.130 e. The van der Waals surface area contributed by atoms with E-state index in [0.29, 0.717) is 6.61 Å². The van der Waals surface area contributed by atoms with Crippen LogP contribution in [0.25, 0.3) is 0 Å². The summed E-state index contributed by atoms with van der Waals surface area (Å²) in [4.78, 5) is 0. The molecule has 0 spiro atoms. The monoisotopic (exact) mass is 356 g/mol. The predicted molar refractivity (Wildman–Crippen MR) is 85.7 cm³/mol. The van der Waals surface area contributed by atoms with Crippen molar-refractivity contribution in [1.29, 1.82) is 0 Å². The molecule has 1 aromatic heterocycles. The van der Waals surface area contributed by atoms with Gasteiger partial charge in [0.05, 0.1) is 11.4 Å². The van der Waals surface area contributed by atoms with Crippen LogP contribution in [-0.4, -0.2) is 9.78 Å². The van der Waals surface area contributed by atoms with Crippen LogP contribution in [0.3, 0.4) is 0 Å². The van der Waals surface area contributed by atoms with E-state index in [2.05, 4.69) is 40.9 Å². The van der Waals surface area contributed by atoms with Crippen LogP contribution in [0.1, 0.15) is 30.8 Å². The number of alkyl halides is 1. The summed E-state index contributed by atoms with van der Waals surface area (Å²) in [7, 11) is 0. The van der Waals surface area contributed by atoms with Crippen molar-refractivity contribution in [3.05, 3.63) is 46.2 Å². The molecule has 20 heavy (non-hydrogen) atoms. The third kappa shape index (κ3) is 3.55. The molecule has 2 aromatic rings. The molecule has 1 heterocycles. The lowest BCUT2D eigenvalue weighted by atomic mass is 10.2. The fraction of sp³-hybridized carbons (Fsp3) is 0.400. The molecule has 1 aromatic carbocycles. The minimum atomic E-state index is 0.516. The first kappa shape index (κ1) is 15.4. The highest BCUT2D eigenvalue weighted by molar-refractivity contribution is 9.08. The molecule has 5 heteroatoms. The third-order valence-corrected chi connectivity index (χ3v) is 3.96. The van der Waals surface area contributed by atoms with Crippen LogP contribution >= 0.6 is 27.5 Å². The maximum Gasteiger partial charge on any atom is 0.130 e. The molecule has 2 rings (SSSR count). The third-order valence-electron chi connectivity index (χ3n) is 3.12. The minimum absolute atomic E-state index is 0.516. The number of aromatic nitrogens is 2. The second-order valence-electron chi connectivity index (χ2n) is 4.47. The van der Waals surface area contributed by atoms with E-state index >= 15 is 0 Å². The molecule has 0 aliphatic carbocycles. The number of aryl methyl sites for hydroxylation is 2. The van der Waals surface area contributed by atoms with E-state index in [9.17, 15) is 0 Å². The number of hydrogen-bond donors (Lipinski definition) is 0. The summed E-state index contributed by atoms with van der Waals surface area (Å²) in [5.74, 6) is 0.855. The Balaban J connectivity index is 2.14. The van der Waals surface area contributed by atoms with E-state index in [0.717, 1.165) is 46.0 Å². The largest absolute Gasteiger partial charge is 0.487 e. The second-order valence-corrected chi connectivity index (χ2v) is 5.47. The van der Waals surface area contributed by atoms with Gasteiger partial charge in [-0.25, -0.2) is 0 Å². The van der Waals surface area contributed by atoms with Gasteiger partial charge in [-0.3, -0.25) is 4.68 Å². The molecule has 108 valence electrons. The van der Waals surface area contributed by atoms with Crippen molar-refractivity contribution in [2.45, 2.75) is 38.8 Å². The maximum absolute atomic E-state index is 5.99. The molecule has 0 saturated heterocycles. The molecule has 0 bridgehead atoms. The Labute approximate surface area is 133 Å². The van der Waals surface area contributed by atoms with E-state index in [1.807, 2.05) is 22.9 Å². The van der Waals surface area contributed by atoms with Gasteiger partial charge in [-0.1, -0.05) is 34.5 Å². The van der Waals surface area contributed by atoms with Crippen molar-refractivity contribution in [3.8, 4) is 5.75 Å². The summed E-state index contributed by atoms with van der Waals surface area (Å²) in [5.41, 5.74) is 3.25. The minimum Gasteiger partial charge on any atom is -0.487 e. The summed E-state index contributed by atoms with van der Waals surface area (Å²) >= 11 is 9.45. The molecule has 0 unspecified atom stereocenters. The molecular weight excluding hydrogens is 340 g/mol. The molecule has 3 nitrogen and oxygen atoms in total. The topological polar surface area (TPSA) is 27.1 Å². The van der Waals surface area contributed by atoms with Crippen LogP contribution in [-0.2, 0) is 24.9 Å². The van der Waals surface area contributed by atoms with E-state index in [1.54, 1.807) is 0 Å². The highest BCUT2D eigenvalue weighted by Gasteiger charge is 2.08. The number of rotatable bonds is 6. The van der Waals surface area contributed by atoms with Crippen LogP contribution < -0.4 is 4.74 Å². The van der Waals surface area contributed by atoms with Crippen molar-refractivity contribution < 1.29 is 4.74 Å². The average Bonchev–Trinajstić information content (AvgIpc) is 2.88. The summed E-state index contributed by atoms with van der Waals surface area (Å²) < 4.78 is 7.91. The molecule has 0 aliphatic rings. The van der Waals surface area contributed by atoms with Crippen LogP contribution in [0.15, 0.2) is 24.3 Å². The summed E-state index contributed by atoms with van der Waals surface area (Å²) in [6.45, 7) is 5.56. The van der Waals surface area contributed by atoms with Gasteiger partial charge >= 0.3 is 0 Å². The molecule has 0 amide bonds. The summed E-state index contributed by atoms with van der Waals surface area (Å²) in [6, 6.07) is 7.78. The summed E-state index contributed by atoms with van der Waals surface area (Å²) in [5, 5.41) is 5.96. The number of hydrogen-bond acceptors (Lipinski definition) is 2. The van der Waals surface area contributed by atoms with Gasteiger partial charge < -0.3 is 4.74 Å². The van der Waals surface area contributed by atoms with E-state index in [1.165, 1.54) is 0 Å². The lowest BCUT2D eigenvalue weighted by molar-refractivity contribution is 0.290. The van der Waals surface area contributed by atoms with Crippen molar-refractivity contribution in [3.63, 3.8) is 0 Å². The van der Waals surface area contributed by atoms with Crippen LogP contribution in [0.5, 0.6) is 5.75 Å². The first-order valence-electron chi connectivity index (χ1n) is 6.70. The van der Waals surface area contributed by atoms with Gasteiger partial charge in [0.25, 0.3) is 0 Å². The highest BCUT2D eigenvalue weighted by atomic mass is 79.9. The number of halogens is 2. The molecule has 0 atom stereocenters. The number of benzene rings is 1. The Kier molecular flexibility index (Phi) is 5.49. The normalized spacial score (nSPS) is 10.8. The summed E-state index contributed by atoms with van der Waals surface area (Å²) in [6.07, 6.45) is 0.938. The van der Waals surface area contributed by atoms with Crippen LogP contribution in [0.4, 0.5) is 0 Å². The van der Waals surface area contributed by atoms with Gasteiger partial charge in [0, 0.05) is 22.5 Å². The Morgan fingerprint density at radius 3 is 2.75 bits per heavy atom. The molecule has 0 radical (unpaired) electrons. The Morgan fingerprint density at radius 1 is 1.30 bits per heavy atom. The zero-order valence-corrected chi connectivity index (χ0v) is 14.0. The van der Waals surface area contributed by atoms with Crippen LogP contribution in [0, 0.1) is 0 Å². The molecule has 0 saturated carbocycles. The van der Waals surface area contributed by atoms with Crippen LogP contribution in [0.2, 0.25) is 5.02 Å². The maximum atomic E-state index is 5.99. The number of nitrogens with zero attached hydrogens (tertiary/aromatic N) is 2. The van der Waals surface area contributed by atoms with Gasteiger partial charge in [-0.05, 0) is 37.6 Å². The van der Waals surface area contributed by atoms with Gasteiger partial charge in [0.2, 0.25) is 0 Å². The molecule has 0 aliphatic heterocycles. The van der Waals surface area contributed by atoms with Crippen molar-refractivity contribution in [2.75, 3.05) is 0 Å².